The summed E-state index contributed by atoms with van der Waals surface area (Å²) in [6.45, 7) is 5.58. The van der Waals surface area contributed by atoms with Gasteiger partial charge in [-0.05, 0) is 25.5 Å². The molecule has 29 heavy (non-hydrogen) atoms. The van der Waals surface area contributed by atoms with Crippen molar-refractivity contribution in [3.8, 4) is 0 Å². The Morgan fingerprint density at radius 1 is 1.41 bits per heavy atom. The van der Waals surface area contributed by atoms with Crippen LogP contribution >= 0.6 is 11.6 Å². The molecule has 0 bridgehead atoms. The maximum Gasteiger partial charge on any atom is 0.235 e. The molecule has 1 aliphatic rings. The largest absolute Gasteiger partial charge is 0.376 e. The molecule has 1 fully saturated rings. The molecule has 2 atom stereocenters. The van der Waals surface area contributed by atoms with Gasteiger partial charge in [0.2, 0.25) is 5.91 Å². The summed E-state index contributed by atoms with van der Waals surface area (Å²) in [5.41, 5.74) is 0.300. The topological polar surface area (TPSA) is 75.7 Å². The minimum absolute atomic E-state index is 0.00217. The van der Waals surface area contributed by atoms with Crippen LogP contribution < -0.4 is 5.32 Å². The van der Waals surface area contributed by atoms with Gasteiger partial charge in [-0.1, -0.05) is 37.4 Å². The van der Waals surface area contributed by atoms with Gasteiger partial charge in [0.05, 0.1) is 24.5 Å². The van der Waals surface area contributed by atoms with Crippen LogP contribution in [-0.2, 0) is 19.4 Å². The fourth-order valence-electron chi connectivity index (χ4n) is 3.48. The molecule has 1 N–H and O–H groups in total. The molecule has 1 aromatic carbocycles. The van der Waals surface area contributed by atoms with Crippen molar-refractivity contribution in [3.63, 3.8) is 0 Å². The van der Waals surface area contributed by atoms with Gasteiger partial charge in [0.1, 0.15) is 11.6 Å². The van der Waals surface area contributed by atoms with Crippen LogP contribution in [0.3, 0.4) is 0 Å². The summed E-state index contributed by atoms with van der Waals surface area (Å²) in [5, 5.41) is 2.94. The number of rotatable bonds is 10. The number of unbranched alkanes of at least 4 members (excludes halogenated alkanes) is 2. The number of halogens is 2. The molecule has 1 heterocycles. The lowest BCUT2D eigenvalue weighted by molar-refractivity contribution is -0.119. The Morgan fingerprint density at radius 3 is 2.83 bits per heavy atom. The zero-order valence-electron chi connectivity index (χ0n) is 17.0. The minimum Gasteiger partial charge on any atom is -0.376 e. The summed E-state index contributed by atoms with van der Waals surface area (Å²) < 4.78 is 44.4. The smallest absolute Gasteiger partial charge is 0.235 e. The summed E-state index contributed by atoms with van der Waals surface area (Å²) in [5.74, 6) is -1.60. The van der Waals surface area contributed by atoms with E-state index in [-0.39, 0.29) is 23.4 Å². The van der Waals surface area contributed by atoms with Crippen LogP contribution in [0.1, 0.15) is 44.7 Å². The average Bonchev–Trinajstić information content (AvgIpc) is 2.63. The van der Waals surface area contributed by atoms with E-state index in [1.165, 1.54) is 12.1 Å². The lowest BCUT2D eigenvalue weighted by Gasteiger charge is -2.38. The molecule has 164 valence electrons. The summed E-state index contributed by atoms with van der Waals surface area (Å²) in [7, 11) is -3.46. The van der Waals surface area contributed by atoms with Crippen molar-refractivity contribution >= 4 is 27.3 Å². The number of carbonyl (C=O) groups excluding carboxylic acids is 1. The molecule has 6 nitrogen and oxygen atoms in total. The third-order valence-corrected chi connectivity index (χ3v) is 6.89. The van der Waals surface area contributed by atoms with Crippen molar-refractivity contribution in [1.29, 1.82) is 0 Å². The highest BCUT2D eigenvalue weighted by Gasteiger charge is 2.30. The number of sulfone groups is 1. The first-order chi connectivity index (χ1) is 13.7. The number of benzene rings is 1. The molecule has 0 aromatic heterocycles. The highest BCUT2D eigenvalue weighted by Crippen LogP contribution is 2.31. The maximum absolute atomic E-state index is 14.6. The zero-order valence-corrected chi connectivity index (χ0v) is 18.6. The molecule has 9 heteroatoms. The van der Waals surface area contributed by atoms with Crippen LogP contribution in [-0.4, -0.2) is 63.1 Å². The van der Waals surface area contributed by atoms with Crippen molar-refractivity contribution in [1.82, 2.24) is 10.2 Å². The molecule has 0 radical (unpaired) electrons. The molecule has 2 unspecified atom stereocenters. The Hall–Kier alpha value is -1.22. The van der Waals surface area contributed by atoms with E-state index in [0.717, 1.165) is 12.8 Å². The van der Waals surface area contributed by atoms with E-state index in [0.29, 0.717) is 31.7 Å². The average molecular weight is 449 g/mol. The highest BCUT2D eigenvalue weighted by molar-refractivity contribution is 7.92. The van der Waals surface area contributed by atoms with Crippen LogP contribution in [0.15, 0.2) is 18.2 Å². The van der Waals surface area contributed by atoms with E-state index in [4.69, 9.17) is 16.3 Å². The molecular formula is C20H30ClFN2O4S. The standard InChI is InChI=1S/C20H30ClFN2O4S/c1-3-4-5-11-29(26,27)14-19(25)23-12-18(24-9-10-28-15(2)13-24)20-16(21)7-6-8-17(20)22/h6-8,15,18H,3-5,9-14H2,1-2H3,(H,23,25). The van der Waals surface area contributed by atoms with Gasteiger partial charge in [0, 0.05) is 30.2 Å². The van der Waals surface area contributed by atoms with Gasteiger partial charge in [-0.3, -0.25) is 9.69 Å². The third-order valence-electron chi connectivity index (χ3n) is 4.95. The van der Waals surface area contributed by atoms with E-state index in [1.807, 2.05) is 18.7 Å². The predicted molar refractivity (Wildman–Crippen MR) is 112 cm³/mol. The summed E-state index contributed by atoms with van der Waals surface area (Å²) >= 11 is 6.27. The van der Waals surface area contributed by atoms with Crippen LogP contribution in [0.4, 0.5) is 4.39 Å². The Kier molecular flexibility index (Phi) is 9.33. The summed E-state index contributed by atoms with van der Waals surface area (Å²) in [6.07, 6.45) is 2.23. The molecular weight excluding hydrogens is 419 g/mol. The second-order valence-electron chi connectivity index (χ2n) is 7.43. The number of carbonyl (C=O) groups is 1. The first-order valence-corrected chi connectivity index (χ1v) is 12.2. The van der Waals surface area contributed by atoms with Crippen LogP contribution in [0, 0.1) is 5.82 Å². The number of nitrogens with zero attached hydrogens (tertiary/aromatic N) is 1. The van der Waals surface area contributed by atoms with Crippen molar-refractivity contribution in [3.05, 3.63) is 34.6 Å². The van der Waals surface area contributed by atoms with E-state index in [1.54, 1.807) is 6.07 Å². The van der Waals surface area contributed by atoms with Gasteiger partial charge >= 0.3 is 0 Å². The molecule has 2 rings (SSSR count). The number of hydrogen-bond acceptors (Lipinski definition) is 5. The first-order valence-electron chi connectivity index (χ1n) is 10.00. The van der Waals surface area contributed by atoms with Crippen molar-refractivity contribution < 1.29 is 22.3 Å². The van der Waals surface area contributed by atoms with Gasteiger partial charge in [0.25, 0.3) is 0 Å². The van der Waals surface area contributed by atoms with E-state index in [2.05, 4.69) is 5.32 Å². The Morgan fingerprint density at radius 2 is 2.17 bits per heavy atom. The SMILES string of the molecule is CCCCCS(=O)(=O)CC(=O)NCC(c1c(F)cccc1Cl)N1CCOC(C)C1. The monoisotopic (exact) mass is 448 g/mol. The molecule has 0 aliphatic carbocycles. The third kappa shape index (κ3) is 7.51. The number of morpholine rings is 1. The fraction of sp³-hybridized carbons (Fsp3) is 0.650. The molecule has 1 aliphatic heterocycles. The first kappa shape index (κ1) is 24.1. The quantitative estimate of drug-likeness (QED) is 0.557. The van der Waals surface area contributed by atoms with Gasteiger partial charge in [-0.2, -0.15) is 0 Å². The van der Waals surface area contributed by atoms with E-state index < -0.39 is 33.4 Å². The molecule has 0 saturated carbocycles. The summed E-state index contributed by atoms with van der Waals surface area (Å²) in [6, 6.07) is 3.96. The van der Waals surface area contributed by atoms with Crippen molar-refractivity contribution in [2.75, 3.05) is 37.7 Å². The van der Waals surface area contributed by atoms with Gasteiger partial charge in [-0.25, -0.2) is 12.8 Å². The Labute approximate surface area is 177 Å². The molecule has 1 amide bonds. The molecule has 0 spiro atoms. The second kappa shape index (κ2) is 11.2. The highest BCUT2D eigenvalue weighted by atomic mass is 35.5. The minimum atomic E-state index is -3.46. The van der Waals surface area contributed by atoms with E-state index >= 15 is 0 Å². The lowest BCUT2D eigenvalue weighted by Crippen LogP contribution is -2.47. The van der Waals surface area contributed by atoms with Crippen LogP contribution in [0.2, 0.25) is 5.02 Å². The van der Waals surface area contributed by atoms with Crippen LogP contribution in [0.5, 0.6) is 0 Å². The van der Waals surface area contributed by atoms with Crippen molar-refractivity contribution in [2.24, 2.45) is 0 Å². The fourth-order valence-corrected chi connectivity index (χ4v) is 5.06. The number of nitrogens with one attached hydrogen (secondary N) is 1. The maximum atomic E-state index is 14.6. The predicted octanol–water partition coefficient (Wildman–Crippen LogP) is 2.96. The van der Waals surface area contributed by atoms with Crippen molar-refractivity contribution in [2.45, 2.75) is 45.3 Å². The van der Waals surface area contributed by atoms with Crippen LogP contribution in [0.25, 0.3) is 0 Å². The van der Waals surface area contributed by atoms with Gasteiger partial charge in [0.15, 0.2) is 9.84 Å². The summed E-state index contributed by atoms with van der Waals surface area (Å²) in [4.78, 5) is 14.3. The number of amides is 1. The lowest BCUT2D eigenvalue weighted by atomic mass is 10.0. The normalized spacial score (nSPS) is 19.1. The second-order valence-corrected chi connectivity index (χ2v) is 10.0. The number of ether oxygens (including phenoxy) is 1. The van der Waals surface area contributed by atoms with E-state index in [9.17, 15) is 17.6 Å². The Bertz CT molecular complexity index is 770. The zero-order chi connectivity index (χ0) is 21.4. The van der Waals surface area contributed by atoms with Gasteiger partial charge < -0.3 is 10.1 Å². The Balaban J connectivity index is 2.09. The van der Waals surface area contributed by atoms with Gasteiger partial charge in [-0.15, -0.1) is 0 Å². The molecule has 1 saturated heterocycles. The number of hydrogen-bond donors (Lipinski definition) is 1. The molecule has 1 aromatic rings.